The van der Waals surface area contributed by atoms with Gasteiger partial charge in [-0.1, -0.05) is 13.8 Å². The van der Waals surface area contributed by atoms with E-state index in [-0.39, 0.29) is 17.9 Å². The molecule has 0 radical (unpaired) electrons. The van der Waals surface area contributed by atoms with E-state index in [1.165, 1.54) is 4.52 Å². The Kier molecular flexibility index (Phi) is 4.37. The maximum atomic E-state index is 13.0. The first-order valence-corrected chi connectivity index (χ1v) is 8.03. The van der Waals surface area contributed by atoms with Crippen molar-refractivity contribution in [1.29, 1.82) is 0 Å². The summed E-state index contributed by atoms with van der Waals surface area (Å²) in [6, 6.07) is 1.83. The quantitative estimate of drug-likeness (QED) is 0.858. The number of halogens is 3. The van der Waals surface area contributed by atoms with Crippen LogP contribution in [0, 0.1) is 6.92 Å². The predicted octanol–water partition coefficient (Wildman–Crippen LogP) is 2.85. The number of rotatable bonds is 3. The number of aromatic nitrogens is 4. The molecule has 2 atom stereocenters. The first-order chi connectivity index (χ1) is 11.3. The Balaban J connectivity index is 2.11. The van der Waals surface area contributed by atoms with Crippen molar-refractivity contribution in [3.05, 3.63) is 17.6 Å². The number of morpholine rings is 1. The number of nitrogens with zero attached hydrogens (tertiary/aromatic N) is 5. The Morgan fingerprint density at radius 3 is 2.62 bits per heavy atom. The first kappa shape index (κ1) is 16.9. The maximum absolute atomic E-state index is 13.0. The van der Waals surface area contributed by atoms with Gasteiger partial charge in [0.05, 0.1) is 18.8 Å². The fraction of sp³-hybridized carbons (Fsp3) is 0.667. The lowest BCUT2D eigenvalue weighted by Crippen LogP contribution is -2.50. The van der Waals surface area contributed by atoms with E-state index in [4.69, 9.17) is 4.74 Å². The summed E-state index contributed by atoms with van der Waals surface area (Å²) in [6.07, 6.45) is -2.90. The van der Waals surface area contributed by atoms with Crippen molar-refractivity contribution in [3.63, 3.8) is 0 Å². The van der Waals surface area contributed by atoms with Crippen LogP contribution < -0.4 is 4.90 Å². The summed E-state index contributed by atoms with van der Waals surface area (Å²) in [4.78, 5) is 9.70. The molecule has 1 aliphatic heterocycles. The van der Waals surface area contributed by atoms with Gasteiger partial charge in [-0.2, -0.15) is 22.7 Å². The smallest absolute Gasteiger partial charge is 0.374 e. The fourth-order valence-corrected chi connectivity index (χ4v) is 2.92. The summed E-state index contributed by atoms with van der Waals surface area (Å²) < 4.78 is 45.9. The molecule has 9 heteroatoms. The van der Waals surface area contributed by atoms with Gasteiger partial charge in [-0.15, -0.1) is 5.10 Å². The van der Waals surface area contributed by atoms with Gasteiger partial charge in [0.15, 0.2) is 0 Å². The van der Waals surface area contributed by atoms with Crippen molar-refractivity contribution in [3.8, 4) is 0 Å². The molecule has 0 aliphatic carbocycles. The summed E-state index contributed by atoms with van der Waals surface area (Å²) >= 11 is 0. The minimum Gasteiger partial charge on any atom is -0.374 e. The van der Waals surface area contributed by atoms with Crippen LogP contribution in [0.3, 0.4) is 0 Å². The minimum absolute atomic E-state index is 0.0354. The van der Waals surface area contributed by atoms with Gasteiger partial charge in [0.2, 0.25) is 0 Å². The molecule has 3 heterocycles. The molecule has 1 fully saturated rings. The van der Waals surface area contributed by atoms with Crippen molar-refractivity contribution in [2.45, 2.75) is 51.9 Å². The number of alkyl halides is 3. The van der Waals surface area contributed by atoms with E-state index in [1.54, 1.807) is 13.0 Å². The Morgan fingerprint density at radius 2 is 2.00 bits per heavy atom. The van der Waals surface area contributed by atoms with Gasteiger partial charge in [0.1, 0.15) is 5.82 Å². The van der Waals surface area contributed by atoms with Crippen molar-refractivity contribution >= 4 is 11.6 Å². The van der Waals surface area contributed by atoms with E-state index in [9.17, 15) is 13.2 Å². The molecule has 1 aliphatic rings. The molecular formula is C15H20F3N5O. The lowest BCUT2D eigenvalue weighted by molar-refractivity contribution is -0.144. The van der Waals surface area contributed by atoms with Crippen LogP contribution in [0.5, 0.6) is 0 Å². The van der Waals surface area contributed by atoms with E-state index in [2.05, 4.69) is 20.0 Å². The Hall–Kier alpha value is -1.90. The molecule has 0 unspecified atom stereocenters. The number of fused-ring (bicyclic) bond motifs is 1. The van der Waals surface area contributed by atoms with E-state index in [1.807, 2.05) is 13.8 Å². The number of ether oxygens (including phenoxy) is 1. The van der Waals surface area contributed by atoms with E-state index in [0.717, 1.165) is 12.8 Å². The summed E-state index contributed by atoms with van der Waals surface area (Å²) in [5.74, 6) is -0.629. The van der Waals surface area contributed by atoms with Crippen molar-refractivity contribution in [2.75, 3.05) is 18.1 Å². The number of hydrogen-bond donors (Lipinski definition) is 0. The highest BCUT2D eigenvalue weighted by Gasteiger charge is 2.37. The van der Waals surface area contributed by atoms with Crippen LogP contribution in [0.4, 0.5) is 19.0 Å². The Labute approximate surface area is 137 Å². The summed E-state index contributed by atoms with van der Waals surface area (Å²) in [7, 11) is 0. The molecule has 0 aromatic carbocycles. The third-order valence-corrected chi connectivity index (χ3v) is 4.26. The molecule has 0 N–H and O–H groups in total. The molecule has 1 saturated heterocycles. The van der Waals surface area contributed by atoms with Crippen LogP contribution in [0.15, 0.2) is 6.07 Å². The normalized spacial score (nSPS) is 22.3. The highest BCUT2D eigenvalue weighted by Crippen LogP contribution is 2.29. The highest BCUT2D eigenvalue weighted by molar-refractivity contribution is 5.49. The number of aryl methyl sites for hydroxylation is 1. The van der Waals surface area contributed by atoms with Gasteiger partial charge < -0.3 is 9.64 Å². The zero-order valence-corrected chi connectivity index (χ0v) is 13.8. The molecule has 132 valence electrons. The maximum Gasteiger partial charge on any atom is 0.453 e. The lowest BCUT2D eigenvalue weighted by Gasteiger charge is -2.40. The van der Waals surface area contributed by atoms with Crippen molar-refractivity contribution < 1.29 is 17.9 Å². The average Bonchev–Trinajstić information content (AvgIpc) is 2.97. The molecule has 2 aromatic heterocycles. The van der Waals surface area contributed by atoms with Crippen LogP contribution in [-0.4, -0.2) is 44.9 Å². The van der Waals surface area contributed by atoms with Gasteiger partial charge in [-0.25, -0.2) is 4.98 Å². The number of anilines is 1. The topological polar surface area (TPSA) is 55.6 Å². The fourth-order valence-electron chi connectivity index (χ4n) is 2.92. The first-order valence-electron chi connectivity index (χ1n) is 8.03. The van der Waals surface area contributed by atoms with E-state index < -0.39 is 12.0 Å². The summed E-state index contributed by atoms with van der Waals surface area (Å²) in [6.45, 7) is 6.94. The lowest BCUT2D eigenvalue weighted by atomic mass is 10.1. The molecule has 0 bridgehead atoms. The molecular weight excluding hydrogens is 323 g/mol. The molecule has 0 saturated carbocycles. The summed E-state index contributed by atoms with van der Waals surface area (Å²) in [5, 5.41) is 3.66. The molecule has 0 amide bonds. The number of hydrogen-bond acceptors (Lipinski definition) is 5. The molecule has 3 rings (SSSR count). The van der Waals surface area contributed by atoms with Crippen LogP contribution in [0.25, 0.3) is 5.78 Å². The molecule has 24 heavy (non-hydrogen) atoms. The second-order valence-corrected chi connectivity index (χ2v) is 5.98. The average molecular weight is 343 g/mol. The van der Waals surface area contributed by atoms with Crippen molar-refractivity contribution in [2.24, 2.45) is 0 Å². The monoisotopic (exact) mass is 343 g/mol. The molecule has 0 spiro atoms. The van der Waals surface area contributed by atoms with Crippen LogP contribution >= 0.6 is 0 Å². The van der Waals surface area contributed by atoms with E-state index in [0.29, 0.717) is 24.7 Å². The second kappa shape index (κ2) is 6.19. The van der Waals surface area contributed by atoms with Gasteiger partial charge in [0.25, 0.3) is 11.6 Å². The zero-order chi connectivity index (χ0) is 17.5. The van der Waals surface area contributed by atoms with Crippen LogP contribution in [0.1, 0.15) is 38.2 Å². The Morgan fingerprint density at radius 1 is 1.25 bits per heavy atom. The second-order valence-electron chi connectivity index (χ2n) is 5.98. The minimum atomic E-state index is -4.60. The largest absolute Gasteiger partial charge is 0.453 e. The molecule has 6 nitrogen and oxygen atoms in total. The van der Waals surface area contributed by atoms with E-state index >= 15 is 0 Å². The highest BCUT2D eigenvalue weighted by atomic mass is 19.4. The van der Waals surface area contributed by atoms with Gasteiger partial charge >= 0.3 is 6.18 Å². The predicted molar refractivity (Wildman–Crippen MR) is 82.0 cm³/mol. The van der Waals surface area contributed by atoms with Crippen molar-refractivity contribution in [1.82, 2.24) is 19.6 Å². The summed E-state index contributed by atoms with van der Waals surface area (Å²) in [5.41, 5.74) is 0.605. The SMILES string of the molecule is CC[C@@H]1CN(c2cc(C)nc3nc(C(F)(F)F)nn23)[C@@H](CC)CO1. The van der Waals surface area contributed by atoms with Crippen LogP contribution in [-0.2, 0) is 10.9 Å². The standard InChI is InChI=1S/C15H20F3N5O/c1-4-10-8-24-11(5-2)7-22(10)12-6-9(3)19-14-20-13(15(16,17)18)21-23(12)14/h6,10-11H,4-5,7-8H2,1-3H3/t10-,11+/m0/s1. The zero-order valence-electron chi connectivity index (χ0n) is 13.8. The van der Waals surface area contributed by atoms with Gasteiger partial charge in [0, 0.05) is 18.3 Å². The van der Waals surface area contributed by atoms with Gasteiger partial charge in [-0.3, -0.25) is 0 Å². The Bertz CT molecular complexity index is 730. The third-order valence-electron chi connectivity index (χ3n) is 4.26. The van der Waals surface area contributed by atoms with Crippen LogP contribution in [0.2, 0.25) is 0 Å². The third kappa shape index (κ3) is 3.04. The van der Waals surface area contributed by atoms with Gasteiger partial charge in [-0.05, 0) is 19.8 Å². The molecule has 2 aromatic rings.